The van der Waals surface area contributed by atoms with Crippen LogP contribution in [0.2, 0.25) is 18.1 Å². The Kier molecular flexibility index (Phi) is 10.5. The van der Waals surface area contributed by atoms with Gasteiger partial charge in [-0.1, -0.05) is 75.4 Å². The van der Waals surface area contributed by atoms with E-state index in [0.29, 0.717) is 17.1 Å². The lowest BCUT2D eigenvalue weighted by atomic mass is 9.80. The SMILES string of the molecule is COc1ccc(C(OC[C@H]2S[C@@H](n3cc(C)c(=O)[nH]c3=O)[C@H](O[Si](C)(C)C(C)(C)C)[C@@H]2O)(c2ccccc2)c2ccc(OC)cc2)cc1. The number of rotatable bonds is 11. The zero-order valence-electron chi connectivity index (χ0n) is 28.9. The van der Waals surface area contributed by atoms with Crippen LogP contribution in [0, 0.1) is 6.92 Å². The van der Waals surface area contributed by atoms with E-state index in [4.69, 9.17) is 18.6 Å². The van der Waals surface area contributed by atoms with Gasteiger partial charge in [-0.15, -0.1) is 11.8 Å². The van der Waals surface area contributed by atoms with Crippen molar-refractivity contribution in [1.82, 2.24) is 9.55 Å². The Morgan fingerprint density at radius 1 is 0.854 bits per heavy atom. The van der Waals surface area contributed by atoms with Crippen molar-refractivity contribution in [2.24, 2.45) is 0 Å². The van der Waals surface area contributed by atoms with Gasteiger partial charge >= 0.3 is 5.69 Å². The second-order valence-corrected chi connectivity index (χ2v) is 19.8. The van der Waals surface area contributed by atoms with Crippen molar-refractivity contribution in [3.63, 3.8) is 0 Å². The maximum atomic E-state index is 13.2. The molecule has 9 nitrogen and oxygen atoms in total. The third-order valence-electron chi connectivity index (χ3n) is 9.61. The summed E-state index contributed by atoms with van der Waals surface area (Å²) in [5.74, 6) is 1.43. The molecule has 5 rings (SSSR count). The summed E-state index contributed by atoms with van der Waals surface area (Å²) in [5, 5.41) is 10.8. The van der Waals surface area contributed by atoms with Crippen LogP contribution in [0.1, 0.15) is 48.4 Å². The first kappa shape index (κ1) is 35.7. The quantitative estimate of drug-likeness (QED) is 0.141. The number of thioether (sulfide) groups is 1. The van der Waals surface area contributed by atoms with Gasteiger partial charge in [0.05, 0.1) is 32.2 Å². The van der Waals surface area contributed by atoms with E-state index >= 15 is 0 Å². The second kappa shape index (κ2) is 14.1. The topological polar surface area (TPSA) is 112 Å². The highest BCUT2D eigenvalue weighted by molar-refractivity contribution is 8.00. The number of nitrogens with one attached hydrogen (secondary N) is 1. The number of aryl methyl sites for hydroxylation is 1. The first-order valence-corrected chi connectivity index (χ1v) is 19.9. The van der Waals surface area contributed by atoms with E-state index in [1.165, 1.54) is 16.3 Å². The predicted octanol–water partition coefficient (Wildman–Crippen LogP) is 6.24. The molecule has 1 fully saturated rings. The molecule has 1 aromatic heterocycles. The number of hydrogen-bond acceptors (Lipinski definition) is 8. The molecule has 4 atom stereocenters. The Hall–Kier alpha value is -3.61. The van der Waals surface area contributed by atoms with E-state index < -0.39 is 48.0 Å². The number of aliphatic hydroxyl groups excluding tert-OH is 1. The second-order valence-electron chi connectivity index (χ2n) is 13.7. The molecule has 0 saturated carbocycles. The first-order valence-electron chi connectivity index (χ1n) is 16.0. The number of methoxy groups -OCH3 is 2. The van der Waals surface area contributed by atoms with E-state index in [1.54, 1.807) is 27.3 Å². The predicted molar refractivity (Wildman–Crippen MR) is 193 cm³/mol. The summed E-state index contributed by atoms with van der Waals surface area (Å²) < 4.78 is 26.5. The molecular weight excluding hydrogens is 645 g/mol. The molecular formula is C37H46N2O7SSi. The fraction of sp³-hybridized carbons (Fsp3) is 0.405. The molecule has 11 heteroatoms. The molecule has 0 amide bonds. The lowest BCUT2D eigenvalue weighted by molar-refractivity contribution is -0.0239. The summed E-state index contributed by atoms with van der Waals surface area (Å²) in [7, 11) is 0.843. The number of benzene rings is 3. The molecule has 4 aromatic rings. The number of H-pyrrole nitrogens is 1. The lowest BCUT2D eigenvalue weighted by Crippen LogP contribution is -2.50. The molecule has 256 valence electrons. The highest BCUT2D eigenvalue weighted by Gasteiger charge is 2.51. The molecule has 1 aliphatic rings. The van der Waals surface area contributed by atoms with Crippen LogP contribution in [0.25, 0.3) is 0 Å². The fourth-order valence-corrected chi connectivity index (χ4v) is 8.66. The molecule has 0 unspecified atom stereocenters. The summed E-state index contributed by atoms with van der Waals surface area (Å²) in [6.07, 6.45) is -0.145. The molecule has 1 saturated heterocycles. The van der Waals surface area contributed by atoms with E-state index in [0.717, 1.165) is 16.7 Å². The van der Waals surface area contributed by atoms with Gasteiger partial charge in [0, 0.05) is 11.8 Å². The Labute approximate surface area is 287 Å². The van der Waals surface area contributed by atoms with Gasteiger partial charge in [-0.05, 0) is 66.0 Å². The minimum atomic E-state index is -2.42. The van der Waals surface area contributed by atoms with Gasteiger partial charge in [0.25, 0.3) is 5.56 Å². The van der Waals surface area contributed by atoms with Crippen molar-refractivity contribution in [2.75, 3.05) is 20.8 Å². The molecule has 0 aliphatic carbocycles. The molecule has 0 bridgehead atoms. The molecule has 0 spiro atoms. The van der Waals surface area contributed by atoms with Crippen LogP contribution in [-0.2, 0) is 14.8 Å². The largest absolute Gasteiger partial charge is 0.497 e. The van der Waals surface area contributed by atoms with Crippen LogP contribution in [0.5, 0.6) is 11.5 Å². The maximum absolute atomic E-state index is 13.2. The number of aliphatic hydroxyl groups is 1. The average Bonchev–Trinajstić information content (AvgIpc) is 3.37. The minimum Gasteiger partial charge on any atom is -0.497 e. The molecule has 2 N–H and O–H groups in total. The number of aromatic amines is 1. The Morgan fingerprint density at radius 3 is 1.88 bits per heavy atom. The van der Waals surface area contributed by atoms with Crippen molar-refractivity contribution in [1.29, 1.82) is 0 Å². The van der Waals surface area contributed by atoms with Crippen molar-refractivity contribution in [3.05, 3.63) is 128 Å². The third-order valence-corrected chi connectivity index (χ3v) is 15.6. The van der Waals surface area contributed by atoms with Gasteiger partial charge < -0.3 is 23.7 Å². The number of hydrogen-bond donors (Lipinski definition) is 2. The van der Waals surface area contributed by atoms with Crippen LogP contribution in [0.15, 0.2) is 94.6 Å². The van der Waals surface area contributed by atoms with Crippen molar-refractivity contribution < 1.29 is 23.7 Å². The zero-order chi connectivity index (χ0) is 34.9. The van der Waals surface area contributed by atoms with Gasteiger partial charge in [-0.3, -0.25) is 14.3 Å². The van der Waals surface area contributed by atoms with Crippen LogP contribution in [0.4, 0.5) is 0 Å². The smallest absolute Gasteiger partial charge is 0.329 e. The van der Waals surface area contributed by atoms with Crippen LogP contribution in [-0.4, -0.2) is 61.3 Å². The van der Waals surface area contributed by atoms with E-state index in [9.17, 15) is 14.7 Å². The van der Waals surface area contributed by atoms with Crippen LogP contribution >= 0.6 is 11.8 Å². The number of ether oxygens (including phenoxy) is 3. The molecule has 2 heterocycles. The Bertz CT molecular complexity index is 1750. The molecule has 48 heavy (non-hydrogen) atoms. The number of aromatic nitrogens is 2. The molecule has 0 radical (unpaired) electrons. The molecule has 1 aliphatic heterocycles. The van der Waals surface area contributed by atoms with E-state index in [-0.39, 0.29) is 11.6 Å². The normalized spacial score (nSPS) is 20.1. The summed E-state index contributed by atoms with van der Waals surface area (Å²) >= 11 is 1.42. The standard InChI is InChI=1S/C37H46N2O7SSi/c1-24-22-39(35(42)38-33(24)41)34-32(46-48(7,8)36(2,3)4)31(40)30(47-34)23-45-37(25-12-10-9-11-13-25,26-14-18-28(43-5)19-15-26)27-16-20-29(44-6)21-17-27/h9-22,30-32,34,40H,23H2,1-8H3,(H,38,41,42)/t30-,31-,32-,34-/m1/s1. The fourth-order valence-electron chi connectivity index (χ4n) is 5.78. The van der Waals surface area contributed by atoms with Crippen LogP contribution in [0.3, 0.4) is 0 Å². The Morgan fingerprint density at radius 2 is 1.38 bits per heavy atom. The van der Waals surface area contributed by atoms with Gasteiger partial charge in [0.15, 0.2) is 8.32 Å². The third kappa shape index (κ3) is 6.93. The summed E-state index contributed by atoms with van der Waals surface area (Å²) in [6.45, 7) is 12.4. The minimum absolute atomic E-state index is 0.115. The van der Waals surface area contributed by atoms with Gasteiger partial charge in [0.2, 0.25) is 0 Å². The summed E-state index contributed by atoms with van der Waals surface area (Å²) in [6, 6.07) is 25.6. The summed E-state index contributed by atoms with van der Waals surface area (Å²) in [4.78, 5) is 27.9. The first-order chi connectivity index (χ1) is 22.7. The van der Waals surface area contributed by atoms with E-state index in [2.05, 4.69) is 38.8 Å². The highest BCUT2D eigenvalue weighted by atomic mass is 32.2. The van der Waals surface area contributed by atoms with Crippen molar-refractivity contribution in [2.45, 2.75) is 74.3 Å². The van der Waals surface area contributed by atoms with Gasteiger partial charge in [-0.2, -0.15) is 0 Å². The zero-order valence-corrected chi connectivity index (χ0v) is 30.7. The maximum Gasteiger partial charge on any atom is 0.329 e. The van der Waals surface area contributed by atoms with E-state index in [1.807, 2.05) is 78.9 Å². The van der Waals surface area contributed by atoms with Gasteiger partial charge in [-0.25, -0.2) is 4.79 Å². The molecule has 3 aromatic carbocycles. The average molecular weight is 691 g/mol. The Balaban J connectivity index is 1.60. The summed E-state index contributed by atoms with van der Waals surface area (Å²) in [5.41, 5.74) is 0.974. The van der Waals surface area contributed by atoms with Crippen molar-refractivity contribution in [3.8, 4) is 11.5 Å². The highest BCUT2D eigenvalue weighted by Crippen LogP contribution is 2.49. The lowest BCUT2D eigenvalue weighted by Gasteiger charge is -2.40. The van der Waals surface area contributed by atoms with Crippen molar-refractivity contribution >= 4 is 20.1 Å². The number of nitrogens with zero attached hydrogens (tertiary/aromatic N) is 1. The van der Waals surface area contributed by atoms with Gasteiger partial charge in [0.1, 0.15) is 28.6 Å². The monoisotopic (exact) mass is 690 g/mol. The van der Waals surface area contributed by atoms with Crippen LogP contribution < -0.4 is 20.7 Å².